The summed E-state index contributed by atoms with van der Waals surface area (Å²) in [5.74, 6) is -2.26. The summed E-state index contributed by atoms with van der Waals surface area (Å²) in [6.45, 7) is 5.32. The Morgan fingerprint density at radius 3 is 2.27 bits per heavy atom. The van der Waals surface area contributed by atoms with Gasteiger partial charge in [0.15, 0.2) is 0 Å². The maximum atomic E-state index is 14.7. The first-order valence-electron chi connectivity index (χ1n) is 13.0. The summed E-state index contributed by atoms with van der Waals surface area (Å²) >= 11 is 5.85. The smallest absolute Gasteiger partial charge is 0.338 e. The van der Waals surface area contributed by atoms with Crippen LogP contribution >= 0.6 is 11.6 Å². The second-order valence-corrected chi connectivity index (χ2v) is 11.6. The highest BCUT2D eigenvalue weighted by atomic mass is 35.5. The zero-order valence-electron chi connectivity index (χ0n) is 22.4. The van der Waals surface area contributed by atoms with Gasteiger partial charge in [-0.25, -0.2) is 22.4 Å². The van der Waals surface area contributed by atoms with Gasteiger partial charge in [0, 0.05) is 29.3 Å². The second-order valence-electron chi connectivity index (χ2n) is 11.2. The quantitative estimate of drug-likeness (QED) is 0.190. The van der Waals surface area contributed by atoms with Gasteiger partial charge in [-0.1, -0.05) is 35.9 Å². The van der Waals surface area contributed by atoms with E-state index in [1.807, 2.05) is 0 Å². The SMILES string of the molecule is CC(C)(C)OC(=O)c1ccc(CC(=O)C(CC2CC(F)C2)c2ccc(-c3c(C(F)F)ccc(Cl)c3F)cn2)cc1. The molecule has 0 spiro atoms. The Kier molecular flexibility index (Phi) is 8.98. The van der Waals surface area contributed by atoms with Gasteiger partial charge >= 0.3 is 5.97 Å². The molecular formula is C31H30ClF4NO3. The maximum absolute atomic E-state index is 14.7. The van der Waals surface area contributed by atoms with Crippen LogP contribution in [0.3, 0.4) is 0 Å². The van der Waals surface area contributed by atoms with Crippen molar-refractivity contribution in [3.8, 4) is 11.1 Å². The Bertz CT molecular complexity index is 1370. The lowest BCUT2D eigenvalue weighted by Gasteiger charge is -2.32. The molecule has 4 rings (SSSR count). The van der Waals surface area contributed by atoms with E-state index in [-0.39, 0.29) is 34.3 Å². The Balaban J connectivity index is 1.56. The average molecular weight is 576 g/mol. The number of benzene rings is 2. The third-order valence-corrected chi connectivity index (χ3v) is 7.19. The van der Waals surface area contributed by atoms with E-state index >= 15 is 0 Å². The van der Waals surface area contributed by atoms with Gasteiger partial charge in [0.2, 0.25) is 0 Å². The van der Waals surface area contributed by atoms with Crippen LogP contribution in [-0.4, -0.2) is 28.5 Å². The fourth-order valence-electron chi connectivity index (χ4n) is 4.82. The number of esters is 1. The molecule has 1 aliphatic rings. The van der Waals surface area contributed by atoms with Crippen molar-refractivity contribution in [1.82, 2.24) is 4.98 Å². The van der Waals surface area contributed by atoms with Crippen LogP contribution in [-0.2, 0) is 16.0 Å². The standard InChI is InChI=1S/C31H30ClF4NO3/c1-31(2,3)40-30(39)19-6-4-17(5-7-19)15-26(38)23(14-18-12-21(33)13-18)25-11-8-20(16-37-25)27-22(29(35)36)9-10-24(32)28(27)34/h4-11,16,18,21,23,29H,12-15H2,1-3H3. The van der Waals surface area contributed by atoms with E-state index in [0.717, 1.165) is 12.1 Å². The molecule has 1 unspecified atom stereocenters. The molecule has 3 aromatic rings. The minimum Gasteiger partial charge on any atom is -0.456 e. The summed E-state index contributed by atoms with van der Waals surface area (Å²) in [4.78, 5) is 30.1. The Hall–Kier alpha value is -3.26. The average Bonchev–Trinajstić information content (AvgIpc) is 2.87. The molecule has 1 aromatic heterocycles. The maximum Gasteiger partial charge on any atom is 0.338 e. The number of alkyl halides is 3. The zero-order chi connectivity index (χ0) is 29.2. The lowest BCUT2D eigenvalue weighted by Crippen LogP contribution is -2.29. The van der Waals surface area contributed by atoms with E-state index in [1.54, 1.807) is 45.0 Å². The molecule has 0 radical (unpaired) electrons. The van der Waals surface area contributed by atoms with Crippen LogP contribution < -0.4 is 0 Å². The number of ether oxygens (including phenoxy) is 1. The number of pyridine rings is 1. The molecule has 2 aromatic carbocycles. The topological polar surface area (TPSA) is 56.3 Å². The normalized spacial score (nSPS) is 17.8. The van der Waals surface area contributed by atoms with E-state index in [1.165, 1.54) is 18.3 Å². The first-order valence-corrected chi connectivity index (χ1v) is 13.4. The second kappa shape index (κ2) is 12.1. The molecule has 1 fully saturated rings. The monoisotopic (exact) mass is 575 g/mol. The number of aromatic nitrogens is 1. The largest absolute Gasteiger partial charge is 0.456 e. The van der Waals surface area contributed by atoms with E-state index in [4.69, 9.17) is 16.3 Å². The number of nitrogens with zero attached hydrogens (tertiary/aromatic N) is 1. The lowest BCUT2D eigenvalue weighted by molar-refractivity contribution is -0.120. The molecule has 9 heteroatoms. The predicted molar refractivity (Wildman–Crippen MR) is 145 cm³/mol. The van der Waals surface area contributed by atoms with Crippen LogP contribution in [0.4, 0.5) is 17.6 Å². The molecule has 1 atom stereocenters. The van der Waals surface area contributed by atoms with Gasteiger partial charge in [-0.05, 0) is 75.8 Å². The third-order valence-electron chi connectivity index (χ3n) is 6.90. The van der Waals surface area contributed by atoms with Crippen molar-refractivity contribution in [1.29, 1.82) is 0 Å². The lowest BCUT2D eigenvalue weighted by atomic mass is 9.75. The predicted octanol–water partition coefficient (Wildman–Crippen LogP) is 8.47. The Labute approximate surface area is 235 Å². The molecule has 40 heavy (non-hydrogen) atoms. The van der Waals surface area contributed by atoms with Crippen molar-refractivity contribution in [2.45, 2.75) is 70.6 Å². The minimum absolute atomic E-state index is 0.00998. The van der Waals surface area contributed by atoms with Gasteiger partial charge in [-0.2, -0.15) is 0 Å². The highest BCUT2D eigenvalue weighted by Gasteiger charge is 2.34. The van der Waals surface area contributed by atoms with Gasteiger partial charge in [-0.3, -0.25) is 9.78 Å². The molecule has 0 saturated heterocycles. The molecular weight excluding hydrogens is 546 g/mol. The number of carbonyl (C=O) groups excluding carboxylic acids is 2. The number of ketones is 1. The van der Waals surface area contributed by atoms with E-state index in [9.17, 15) is 27.2 Å². The van der Waals surface area contributed by atoms with Crippen LogP contribution in [0.15, 0.2) is 54.7 Å². The van der Waals surface area contributed by atoms with Crippen molar-refractivity contribution in [2.24, 2.45) is 5.92 Å². The van der Waals surface area contributed by atoms with Crippen molar-refractivity contribution >= 4 is 23.4 Å². The number of carbonyl (C=O) groups is 2. The van der Waals surface area contributed by atoms with Crippen molar-refractivity contribution in [3.05, 3.63) is 88.0 Å². The van der Waals surface area contributed by atoms with E-state index < -0.39 is 41.5 Å². The first kappa shape index (κ1) is 29.7. The molecule has 212 valence electrons. The summed E-state index contributed by atoms with van der Waals surface area (Å²) < 4.78 is 60.8. The fourth-order valence-corrected chi connectivity index (χ4v) is 4.97. The summed E-state index contributed by atoms with van der Waals surface area (Å²) in [6, 6.07) is 11.7. The zero-order valence-corrected chi connectivity index (χ0v) is 23.2. The van der Waals surface area contributed by atoms with E-state index in [0.29, 0.717) is 36.1 Å². The highest BCUT2D eigenvalue weighted by Crippen LogP contribution is 2.40. The summed E-state index contributed by atoms with van der Waals surface area (Å²) in [5, 5.41) is -0.292. The van der Waals surface area contributed by atoms with Gasteiger partial charge < -0.3 is 4.74 Å². The first-order chi connectivity index (χ1) is 18.8. The number of hydrogen-bond acceptors (Lipinski definition) is 4. The molecule has 0 aliphatic heterocycles. The summed E-state index contributed by atoms with van der Waals surface area (Å²) in [6.07, 6.45) is -1.41. The van der Waals surface area contributed by atoms with Crippen LogP contribution in [0.25, 0.3) is 11.1 Å². The number of Topliss-reactive ketones (excluding diaryl/α,β-unsaturated/α-hetero) is 1. The Morgan fingerprint density at radius 1 is 1.05 bits per heavy atom. The van der Waals surface area contributed by atoms with Gasteiger partial charge in [-0.15, -0.1) is 0 Å². The van der Waals surface area contributed by atoms with E-state index in [2.05, 4.69) is 4.98 Å². The van der Waals surface area contributed by atoms with Crippen LogP contribution in [0, 0.1) is 11.7 Å². The van der Waals surface area contributed by atoms with Crippen molar-refractivity contribution in [3.63, 3.8) is 0 Å². The number of hydrogen-bond donors (Lipinski definition) is 0. The molecule has 1 aliphatic carbocycles. The minimum atomic E-state index is -2.93. The van der Waals surface area contributed by atoms with Crippen molar-refractivity contribution < 1.29 is 31.9 Å². The number of halogens is 5. The van der Waals surface area contributed by atoms with Gasteiger partial charge in [0.25, 0.3) is 6.43 Å². The molecule has 1 heterocycles. The number of rotatable bonds is 9. The van der Waals surface area contributed by atoms with Crippen LogP contribution in [0.2, 0.25) is 5.02 Å². The summed E-state index contributed by atoms with van der Waals surface area (Å²) in [7, 11) is 0. The molecule has 4 nitrogen and oxygen atoms in total. The summed E-state index contributed by atoms with van der Waals surface area (Å²) in [5.41, 5.74) is 0.0496. The van der Waals surface area contributed by atoms with Crippen LogP contribution in [0.1, 0.15) is 79.6 Å². The molecule has 0 amide bonds. The van der Waals surface area contributed by atoms with Crippen molar-refractivity contribution in [2.75, 3.05) is 0 Å². The van der Waals surface area contributed by atoms with Gasteiger partial charge in [0.05, 0.1) is 22.2 Å². The van der Waals surface area contributed by atoms with Gasteiger partial charge in [0.1, 0.15) is 23.4 Å². The molecule has 1 saturated carbocycles. The molecule has 0 N–H and O–H groups in total. The molecule has 0 bridgehead atoms. The fraction of sp³-hybridized carbons (Fsp3) is 0.387. The third kappa shape index (κ3) is 7.08. The Morgan fingerprint density at radius 2 is 1.73 bits per heavy atom. The van der Waals surface area contributed by atoms with Crippen LogP contribution in [0.5, 0.6) is 0 Å². The highest BCUT2D eigenvalue weighted by molar-refractivity contribution is 6.31.